The minimum absolute atomic E-state index is 0.104. The second kappa shape index (κ2) is 7.80. The first-order valence-corrected chi connectivity index (χ1v) is 7.83. The van der Waals surface area contributed by atoms with Gasteiger partial charge in [0.1, 0.15) is 11.6 Å². The highest BCUT2D eigenvalue weighted by atomic mass is 35.5. The lowest BCUT2D eigenvalue weighted by Gasteiger charge is -2.06. The lowest BCUT2D eigenvalue weighted by atomic mass is 10.2. The SMILES string of the molecule is O=c1[nH]c(/C=C\c2cccc(Oc3nc(Cl)ncc3F)c2)nc(O)c1[N+](=O)[O-]. The smallest absolute Gasteiger partial charge is 0.395 e. The first-order valence-electron chi connectivity index (χ1n) is 7.45. The number of hydrogen-bond acceptors (Lipinski definition) is 8. The normalized spacial score (nSPS) is 10.9. The van der Waals surface area contributed by atoms with Crippen LogP contribution in [0.25, 0.3) is 12.2 Å². The molecule has 2 N–H and O–H groups in total. The van der Waals surface area contributed by atoms with Crippen LogP contribution in [-0.4, -0.2) is 30.0 Å². The molecule has 0 saturated carbocycles. The number of H-pyrrole nitrogens is 1. The third-order valence-corrected chi connectivity index (χ3v) is 3.45. The van der Waals surface area contributed by atoms with Gasteiger partial charge in [-0.3, -0.25) is 14.9 Å². The van der Waals surface area contributed by atoms with Gasteiger partial charge in [0.05, 0.1) is 11.1 Å². The molecule has 3 rings (SSSR count). The van der Waals surface area contributed by atoms with E-state index in [0.717, 1.165) is 6.20 Å². The van der Waals surface area contributed by atoms with E-state index in [1.165, 1.54) is 18.2 Å². The van der Waals surface area contributed by atoms with Crippen molar-refractivity contribution in [2.75, 3.05) is 0 Å². The van der Waals surface area contributed by atoms with Gasteiger partial charge < -0.3 is 14.8 Å². The van der Waals surface area contributed by atoms with E-state index in [4.69, 9.17) is 16.3 Å². The maximum atomic E-state index is 13.7. The molecule has 1 aromatic carbocycles. The quantitative estimate of drug-likeness (QED) is 0.374. The standard InChI is InChI=1S/C16H9ClFN5O5/c17-16-19-7-10(18)15(22-16)28-9-3-1-2-8(6-9)4-5-11-20-13(24)12(23(26)27)14(25)21-11/h1-7H,(H2,20,21,24,25)/b5-4-. The molecule has 0 saturated heterocycles. The Morgan fingerprint density at radius 1 is 1.32 bits per heavy atom. The van der Waals surface area contributed by atoms with Gasteiger partial charge in [-0.05, 0) is 35.4 Å². The zero-order chi connectivity index (χ0) is 20.3. The van der Waals surface area contributed by atoms with Crippen LogP contribution in [0.15, 0.2) is 35.3 Å². The number of nitrogens with one attached hydrogen (secondary N) is 1. The highest BCUT2D eigenvalue weighted by Gasteiger charge is 2.21. The van der Waals surface area contributed by atoms with Crippen LogP contribution in [0.4, 0.5) is 10.1 Å². The molecule has 0 aliphatic heterocycles. The molecule has 0 radical (unpaired) electrons. The van der Waals surface area contributed by atoms with Gasteiger partial charge in [-0.15, -0.1) is 0 Å². The Balaban J connectivity index is 1.84. The van der Waals surface area contributed by atoms with Crippen LogP contribution in [0.5, 0.6) is 17.5 Å². The Bertz CT molecular complexity index is 1150. The van der Waals surface area contributed by atoms with E-state index in [1.54, 1.807) is 18.2 Å². The lowest BCUT2D eigenvalue weighted by Crippen LogP contribution is -2.14. The van der Waals surface area contributed by atoms with Crippen molar-refractivity contribution in [1.29, 1.82) is 0 Å². The van der Waals surface area contributed by atoms with Gasteiger partial charge in [0.2, 0.25) is 11.1 Å². The number of aromatic hydroxyl groups is 1. The monoisotopic (exact) mass is 405 g/mol. The number of nitrogens with zero attached hydrogens (tertiary/aromatic N) is 4. The molecular formula is C16H9ClFN5O5. The van der Waals surface area contributed by atoms with Crippen LogP contribution in [0, 0.1) is 15.9 Å². The van der Waals surface area contributed by atoms with Crippen molar-refractivity contribution in [3.8, 4) is 17.5 Å². The Morgan fingerprint density at radius 2 is 2.11 bits per heavy atom. The van der Waals surface area contributed by atoms with E-state index in [-0.39, 0.29) is 22.7 Å². The summed E-state index contributed by atoms with van der Waals surface area (Å²) in [6.45, 7) is 0. The Hall–Kier alpha value is -3.86. The Labute approximate surface area is 160 Å². The van der Waals surface area contributed by atoms with E-state index in [0.29, 0.717) is 5.56 Å². The van der Waals surface area contributed by atoms with Gasteiger partial charge >= 0.3 is 11.2 Å². The van der Waals surface area contributed by atoms with Crippen molar-refractivity contribution in [2.24, 2.45) is 0 Å². The molecule has 0 fully saturated rings. The molecule has 0 aliphatic rings. The van der Waals surface area contributed by atoms with Crippen molar-refractivity contribution in [2.45, 2.75) is 0 Å². The summed E-state index contributed by atoms with van der Waals surface area (Å²) in [6.07, 6.45) is 3.67. The summed E-state index contributed by atoms with van der Waals surface area (Å²) in [5, 5.41) is 20.0. The molecule has 0 aliphatic carbocycles. The van der Waals surface area contributed by atoms with Gasteiger partial charge in [0, 0.05) is 0 Å². The van der Waals surface area contributed by atoms with Gasteiger partial charge in [0.25, 0.3) is 11.8 Å². The van der Waals surface area contributed by atoms with Crippen LogP contribution in [0.2, 0.25) is 5.28 Å². The minimum Gasteiger partial charge on any atom is -0.488 e. The summed E-state index contributed by atoms with van der Waals surface area (Å²) >= 11 is 5.61. The second-order valence-electron chi connectivity index (χ2n) is 5.18. The van der Waals surface area contributed by atoms with Crippen LogP contribution >= 0.6 is 11.6 Å². The summed E-state index contributed by atoms with van der Waals surface area (Å²) in [6, 6.07) is 6.34. The average Bonchev–Trinajstić information content (AvgIpc) is 2.62. The molecule has 2 heterocycles. The number of ether oxygens (including phenoxy) is 1. The molecule has 0 spiro atoms. The molecule has 0 atom stereocenters. The minimum atomic E-state index is -1.09. The molecule has 3 aromatic rings. The number of aromatic nitrogens is 4. The third-order valence-electron chi connectivity index (χ3n) is 3.27. The van der Waals surface area contributed by atoms with Crippen molar-refractivity contribution < 1.29 is 19.2 Å². The predicted molar refractivity (Wildman–Crippen MR) is 95.6 cm³/mol. The van der Waals surface area contributed by atoms with Crippen LogP contribution < -0.4 is 10.3 Å². The Kier molecular flexibility index (Phi) is 5.27. The first-order chi connectivity index (χ1) is 13.3. The number of aromatic amines is 1. The van der Waals surface area contributed by atoms with Crippen LogP contribution in [0.1, 0.15) is 11.4 Å². The number of benzene rings is 1. The maximum absolute atomic E-state index is 13.7. The first kappa shape index (κ1) is 18.9. The molecule has 28 heavy (non-hydrogen) atoms. The summed E-state index contributed by atoms with van der Waals surface area (Å²) in [4.78, 5) is 34.1. The number of nitro groups is 1. The van der Waals surface area contributed by atoms with Gasteiger partial charge in [-0.1, -0.05) is 18.2 Å². The van der Waals surface area contributed by atoms with E-state index in [2.05, 4.69) is 19.9 Å². The third kappa shape index (κ3) is 4.27. The highest BCUT2D eigenvalue weighted by Crippen LogP contribution is 2.24. The molecule has 10 nitrogen and oxygen atoms in total. The second-order valence-corrected chi connectivity index (χ2v) is 5.52. The van der Waals surface area contributed by atoms with Gasteiger partial charge in [-0.2, -0.15) is 14.4 Å². The molecule has 0 bridgehead atoms. The molecule has 142 valence electrons. The molecule has 2 aromatic heterocycles. The van der Waals surface area contributed by atoms with Gasteiger partial charge in [-0.25, -0.2) is 4.98 Å². The fraction of sp³-hybridized carbons (Fsp3) is 0. The van der Waals surface area contributed by atoms with E-state index in [1.807, 2.05) is 0 Å². The fourth-order valence-electron chi connectivity index (χ4n) is 2.09. The van der Waals surface area contributed by atoms with E-state index in [9.17, 15) is 24.4 Å². The van der Waals surface area contributed by atoms with E-state index < -0.39 is 27.9 Å². The fourth-order valence-corrected chi connectivity index (χ4v) is 2.21. The maximum Gasteiger partial charge on any atom is 0.395 e. The summed E-state index contributed by atoms with van der Waals surface area (Å²) in [7, 11) is 0. The largest absolute Gasteiger partial charge is 0.488 e. The topological polar surface area (TPSA) is 144 Å². The highest BCUT2D eigenvalue weighted by molar-refractivity contribution is 6.28. The zero-order valence-corrected chi connectivity index (χ0v) is 14.4. The molecular weight excluding hydrogens is 397 g/mol. The van der Waals surface area contributed by atoms with Crippen molar-refractivity contribution in [3.05, 3.63) is 73.4 Å². The molecule has 12 heteroatoms. The summed E-state index contributed by atoms with van der Waals surface area (Å²) in [5.74, 6) is -2.01. The van der Waals surface area contributed by atoms with Crippen molar-refractivity contribution >= 4 is 29.4 Å². The molecule has 0 unspecified atom stereocenters. The summed E-state index contributed by atoms with van der Waals surface area (Å²) < 4.78 is 19.0. The number of halogens is 2. The van der Waals surface area contributed by atoms with Crippen LogP contribution in [-0.2, 0) is 0 Å². The number of hydrogen-bond donors (Lipinski definition) is 2. The van der Waals surface area contributed by atoms with Gasteiger partial charge in [0.15, 0.2) is 0 Å². The zero-order valence-electron chi connectivity index (χ0n) is 13.7. The van der Waals surface area contributed by atoms with Crippen molar-refractivity contribution in [1.82, 2.24) is 19.9 Å². The Morgan fingerprint density at radius 3 is 2.82 bits per heavy atom. The van der Waals surface area contributed by atoms with Crippen LogP contribution in [0.3, 0.4) is 0 Å². The summed E-state index contributed by atoms with van der Waals surface area (Å²) in [5.41, 5.74) is -1.58. The molecule has 0 amide bonds. The van der Waals surface area contributed by atoms with Crippen molar-refractivity contribution in [3.63, 3.8) is 0 Å². The number of rotatable bonds is 5. The lowest BCUT2D eigenvalue weighted by molar-refractivity contribution is -0.387. The predicted octanol–water partition coefficient (Wildman–Crippen LogP) is 2.93. The average molecular weight is 406 g/mol. The van der Waals surface area contributed by atoms with E-state index >= 15 is 0 Å².